The molecule has 2 N–H and O–H groups in total. The van der Waals surface area contributed by atoms with E-state index in [1.54, 1.807) is 0 Å². The van der Waals surface area contributed by atoms with Crippen molar-refractivity contribution in [1.82, 2.24) is 4.90 Å². The van der Waals surface area contributed by atoms with Crippen molar-refractivity contribution >= 4 is 0 Å². The Morgan fingerprint density at radius 2 is 1.94 bits per heavy atom. The normalized spacial score (nSPS) is 40.4. The molecule has 0 aromatic carbocycles. The van der Waals surface area contributed by atoms with Crippen LogP contribution in [0.25, 0.3) is 0 Å². The first-order valence-electron chi connectivity index (χ1n) is 7.56. The maximum Gasteiger partial charge on any atom is 0.00503 e. The van der Waals surface area contributed by atoms with Crippen LogP contribution in [0.15, 0.2) is 0 Å². The molecule has 1 aliphatic carbocycles. The van der Waals surface area contributed by atoms with E-state index in [1.807, 2.05) is 0 Å². The molecule has 0 spiro atoms. The molecule has 0 aromatic rings. The number of likely N-dealkylation sites (tertiary alicyclic amines) is 1. The van der Waals surface area contributed by atoms with Crippen molar-refractivity contribution in [3.63, 3.8) is 0 Å². The summed E-state index contributed by atoms with van der Waals surface area (Å²) in [6, 6.07) is 0. The molecule has 2 nitrogen and oxygen atoms in total. The van der Waals surface area contributed by atoms with Crippen LogP contribution in [0.1, 0.15) is 52.4 Å². The number of nitrogens with zero attached hydrogens (tertiary/aromatic N) is 1. The summed E-state index contributed by atoms with van der Waals surface area (Å²) in [6.45, 7) is 9.56. The van der Waals surface area contributed by atoms with Crippen molar-refractivity contribution in [1.29, 1.82) is 0 Å². The average Bonchev–Trinajstić information content (AvgIpc) is 2.29. The largest absolute Gasteiger partial charge is 0.330 e. The lowest BCUT2D eigenvalue weighted by atomic mass is 9.69. The van der Waals surface area contributed by atoms with E-state index in [1.165, 1.54) is 58.2 Å². The first-order chi connectivity index (χ1) is 8.13. The molecule has 0 radical (unpaired) electrons. The lowest BCUT2D eigenvalue weighted by molar-refractivity contribution is 0.0659. The maximum absolute atomic E-state index is 6.13. The fourth-order valence-electron chi connectivity index (χ4n) is 4.07. The van der Waals surface area contributed by atoms with Gasteiger partial charge in [0.15, 0.2) is 0 Å². The second-order valence-corrected chi connectivity index (χ2v) is 6.89. The first kappa shape index (κ1) is 13.4. The molecule has 0 aromatic heterocycles. The van der Waals surface area contributed by atoms with Gasteiger partial charge in [-0.05, 0) is 56.0 Å². The summed E-state index contributed by atoms with van der Waals surface area (Å²) in [5.74, 6) is 1.77. The van der Waals surface area contributed by atoms with E-state index in [0.29, 0.717) is 5.41 Å². The quantitative estimate of drug-likeness (QED) is 0.819. The third-order valence-corrected chi connectivity index (χ3v) is 4.92. The Morgan fingerprint density at radius 3 is 2.59 bits per heavy atom. The Labute approximate surface area is 107 Å². The highest BCUT2D eigenvalue weighted by atomic mass is 15.1. The molecule has 2 fully saturated rings. The van der Waals surface area contributed by atoms with Crippen LogP contribution in [0.5, 0.6) is 0 Å². The number of piperidine rings is 1. The minimum absolute atomic E-state index is 0.439. The molecule has 17 heavy (non-hydrogen) atoms. The molecule has 0 amide bonds. The van der Waals surface area contributed by atoms with Crippen LogP contribution in [0, 0.1) is 17.3 Å². The molecule has 1 saturated heterocycles. The zero-order valence-electron chi connectivity index (χ0n) is 11.8. The Balaban J connectivity index is 1.93. The lowest BCUT2D eigenvalue weighted by Crippen LogP contribution is -2.47. The second-order valence-electron chi connectivity index (χ2n) is 6.89. The molecule has 3 atom stereocenters. The Hall–Kier alpha value is -0.0800. The zero-order valence-corrected chi connectivity index (χ0v) is 11.8. The van der Waals surface area contributed by atoms with Crippen molar-refractivity contribution < 1.29 is 0 Å². The van der Waals surface area contributed by atoms with Crippen molar-refractivity contribution in [2.75, 3.05) is 26.2 Å². The summed E-state index contributed by atoms with van der Waals surface area (Å²) in [5.41, 5.74) is 6.56. The zero-order chi connectivity index (χ0) is 12.3. The van der Waals surface area contributed by atoms with Crippen LogP contribution in [0.4, 0.5) is 0 Å². The molecule has 2 aliphatic rings. The van der Waals surface area contributed by atoms with E-state index < -0.39 is 0 Å². The molecule has 2 rings (SSSR count). The van der Waals surface area contributed by atoms with Crippen LogP contribution in [0.3, 0.4) is 0 Å². The van der Waals surface area contributed by atoms with Gasteiger partial charge in [0.25, 0.3) is 0 Å². The van der Waals surface area contributed by atoms with Gasteiger partial charge in [-0.15, -0.1) is 0 Å². The van der Waals surface area contributed by atoms with Crippen LogP contribution >= 0.6 is 0 Å². The van der Waals surface area contributed by atoms with Crippen molar-refractivity contribution in [2.24, 2.45) is 23.0 Å². The van der Waals surface area contributed by atoms with Crippen LogP contribution in [0.2, 0.25) is 0 Å². The van der Waals surface area contributed by atoms with Gasteiger partial charge >= 0.3 is 0 Å². The van der Waals surface area contributed by atoms with Gasteiger partial charge in [-0.25, -0.2) is 0 Å². The van der Waals surface area contributed by atoms with Crippen molar-refractivity contribution in [3.05, 3.63) is 0 Å². The number of hydrogen-bond acceptors (Lipinski definition) is 2. The van der Waals surface area contributed by atoms with Crippen molar-refractivity contribution in [3.8, 4) is 0 Å². The topological polar surface area (TPSA) is 29.3 Å². The van der Waals surface area contributed by atoms with Gasteiger partial charge in [0.2, 0.25) is 0 Å². The van der Waals surface area contributed by atoms with Gasteiger partial charge in [0.05, 0.1) is 0 Å². The van der Waals surface area contributed by atoms with E-state index in [-0.39, 0.29) is 0 Å². The SMILES string of the molecule is CC1CCCN(CC2(CN)CCCC(C)C2)C1. The monoisotopic (exact) mass is 238 g/mol. The number of nitrogens with two attached hydrogens (primary N) is 1. The molecule has 1 saturated carbocycles. The molecule has 1 heterocycles. The van der Waals surface area contributed by atoms with Crippen LogP contribution < -0.4 is 5.73 Å². The standard InChI is InChI=1S/C15H30N2/c1-13-5-3-7-15(9-13,11-16)12-17-8-4-6-14(2)10-17/h13-14H,3-12,16H2,1-2H3. The highest BCUT2D eigenvalue weighted by molar-refractivity contribution is 4.89. The highest BCUT2D eigenvalue weighted by Crippen LogP contribution is 2.39. The first-order valence-corrected chi connectivity index (χ1v) is 7.56. The third kappa shape index (κ3) is 3.45. The molecule has 3 unspecified atom stereocenters. The van der Waals surface area contributed by atoms with Crippen LogP contribution in [-0.4, -0.2) is 31.1 Å². The summed E-state index contributed by atoms with van der Waals surface area (Å²) in [5, 5.41) is 0. The van der Waals surface area contributed by atoms with Gasteiger partial charge in [0, 0.05) is 13.1 Å². The second kappa shape index (κ2) is 5.71. The van der Waals surface area contributed by atoms with E-state index in [4.69, 9.17) is 5.73 Å². The summed E-state index contributed by atoms with van der Waals surface area (Å²) in [4.78, 5) is 2.69. The lowest BCUT2D eigenvalue weighted by Gasteiger charge is -2.44. The smallest absolute Gasteiger partial charge is 0.00503 e. The molecular formula is C15H30N2. The maximum atomic E-state index is 6.13. The summed E-state index contributed by atoms with van der Waals surface area (Å²) in [7, 11) is 0. The highest BCUT2D eigenvalue weighted by Gasteiger charge is 2.35. The Bertz CT molecular complexity index is 241. The number of rotatable bonds is 3. The van der Waals surface area contributed by atoms with E-state index in [0.717, 1.165) is 18.4 Å². The van der Waals surface area contributed by atoms with Gasteiger partial charge in [-0.3, -0.25) is 0 Å². The summed E-state index contributed by atoms with van der Waals surface area (Å²) in [6.07, 6.45) is 8.33. The van der Waals surface area contributed by atoms with Gasteiger partial charge < -0.3 is 10.6 Å². The third-order valence-electron chi connectivity index (χ3n) is 4.92. The summed E-state index contributed by atoms with van der Waals surface area (Å²) >= 11 is 0. The fourth-order valence-corrected chi connectivity index (χ4v) is 4.07. The van der Waals surface area contributed by atoms with E-state index in [2.05, 4.69) is 18.7 Å². The average molecular weight is 238 g/mol. The molecule has 2 heteroatoms. The van der Waals surface area contributed by atoms with Gasteiger partial charge in [-0.2, -0.15) is 0 Å². The minimum Gasteiger partial charge on any atom is -0.330 e. The molecular weight excluding hydrogens is 208 g/mol. The Kier molecular flexibility index (Phi) is 4.48. The predicted octanol–water partition coefficient (Wildman–Crippen LogP) is 2.87. The Morgan fingerprint density at radius 1 is 1.18 bits per heavy atom. The van der Waals surface area contributed by atoms with Crippen molar-refractivity contribution in [2.45, 2.75) is 52.4 Å². The summed E-state index contributed by atoms with van der Waals surface area (Å²) < 4.78 is 0. The minimum atomic E-state index is 0.439. The van der Waals surface area contributed by atoms with Gasteiger partial charge in [-0.1, -0.05) is 26.7 Å². The van der Waals surface area contributed by atoms with Crippen LogP contribution in [-0.2, 0) is 0 Å². The molecule has 0 bridgehead atoms. The molecule has 100 valence electrons. The number of hydrogen-bond donors (Lipinski definition) is 1. The predicted molar refractivity (Wildman–Crippen MR) is 74.0 cm³/mol. The van der Waals surface area contributed by atoms with Gasteiger partial charge in [0.1, 0.15) is 0 Å². The fraction of sp³-hybridized carbons (Fsp3) is 1.00. The molecule has 1 aliphatic heterocycles. The van der Waals surface area contributed by atoms with E-state index >= 15 is 0 Å². The van der Waals surface area contributed by atoms with E-state index in [9.17, 15) is 0 Å².